The second-order valence-electron chi connectivity index (χ2n) is 7.96. The first kappa shape index (κ1) is 25.3. The van der Waals surface area contributed by atoms with Gasteiger partial charge in [0, 0.05) is 12.1 Å². The van der Waals surface area contributed by atoms with E-state index >= 15 is 0 Å². The standard InChI is InChI=1S/C26H25N3O5S2/c1-4-29(20-8-6-5-7-9-20)36(32,33)21-13-11-19(12-14-21)25(31)27-26-28(17-24(30)34-3)22-15-10-18(2)16-23(22)35-26/h5-16H,4,17H2,1-3H3. The van der Waals surface area contributed by atoms with Crippen LogP contribution in [0.3, 0.4) is 0 Å². The SMILES string of the molecule is CCN(c1ccccc1)S(=O)(=O)c1ccc(C(=O)N=c2sc3cc(C)ccc3n2CC(=O)OC)cc1. The molecule has 0 N–H and O–H groups in total. The normalized spacial score (nSPS) is 12.0. The van der Waals surface area contributed by atoms with E-state index in [2.05, 4.69) is 4.99 Å². The van der Waals surface area contributed by atoms with Crippen LogP contribution in [0.25, 0.3) is 10.2 Å². The molecule has 36 heavy (non-hydrogen) atoms. The van der Waals surface area contributed by atoms with Crippen LogP contribution in [-0.4, -0.2) is 38.5 Å². The topological polar surface area (TPSA) is 98.0 Å². The molecule has 8 nitrogen and oxygen atoms in total. The Morgan fingerprint density at radius 2 is 1.72 bits per heavy atom. The number of aromatic nitrogens is 1. The van der Waals surface area contributed by atoms with Crippen molar-refractivity contribution in [1.82, 2.24) is 4.57 Å². The highest BCUT2D eigenvalue weighted by molar-refractivity contribution is 7.92. The lowest BCUT2D eigenvalue weighted by Crippen LogP contribution is -2.30. The lowest BCUT2D eigenvalue weighted by Gasteiger charge is -2.22. The summed E-state index contributed by atoms with van der Waals surface area (Å²) < 4.78 is 35.1. The molecule has 186 valence electrons. The van der Waals surface area contributed by atoms with Gasteiger partial charge in [-0.2, -0.15) is 4.99 Å². The van der Waals surface area contributed by atoms with Crippen LogP contribution < -0.4 is 9.11 Å². The predicted octanol–water partition coefficient (Wildman–Crippen LogP) is 4.14. The zero-order chi connectivity index (χ0) is 25.9. The van der Waals surface area contributed by atoms with Gasteiger partial charge in [0.15, 0.2) is 4.80 Å². The number of thiazole rings is 1. The Kier molecular flexibility index (Phi) is 7.37. The van der Waals surface area contributed by atoms with Crippen molar-refractivity contribution in [2.45, 2.75) is 25.3 Å². The summed E-state index contributed by atoms with van der Waals surface area (Å²) in [5.41, 5.74) is 2.60. The fourth-order valence-corrected chi connectivity index (χ4v) is 6.35. The molecule has 3 aromatic carbocycles. The number of rotatable bonds is 7. The largest absolute Gasteiger partial charge is 0.468 e. The third kappa shape index (κ3) is 5.09. The minimum Gasteiger partial charge on any atom is -0.468 e. The molecule has 1 amide bonds. The summed E-state index contributed by atoms with van der Waals surface area (Å²) in [6.07, 6.45) is 0. The molecule has 0 aliphatic carbocycles. The summed E-state index contributed by atoms with van der Waals surface area (Å²) in [4.78, 5) is 29.6. The van der Waals surface area contributed by atoms with Gasteiger partial charge in [0.05, 0.1) is 27.9 Å². The Labute approximate surface area is 213 Å². The van der Waals surface area contributed by atoms with Gasteiger partial charge in [-0.1, -0.05) is 35.6 Å². The van der Waals surface area contributed by atoms with E-state index in [1.165, 1.54) is 47.0 Å². The van der Waals surface area contributed by atoms with E-state index in [1.54, 1.807) is 35.8 Å². The maximum Gasteiger partial charge on any atom is 0.325 e. The van der Waals surface area contributed by atoms with Crippen molar-refractivity contribution in [2.75, 3.05) is 18.0 Å². The number of hydrogen-bond donors (Lipinski definition) is 0. The molecule has 1 heterocycles. The first-order chi connectivity index (χ1) is 17.2. The highest BCUT2D eigenvalue weighted by Gasteiger charge is 2.23. The van der Waals surface area contributed by atoms with Crippen molar-refractivity contribution < 1.29 is 22.7 Å². The first-order valence-corrected chi connectivity index (χ1v) is 13.4. The second-order valence-corrected chi connectivity index (χ2v) is 10.8. The number of esters is 1. The number of hydrogen-bond acceptors (Lipinski definition) is 6. The highest BCUT2D eigenvalue weighted by Crippen LogP contribution is 2.24. The van der Waals surface area contributed by atoms with Gasteiger partial charge in [0.1, 0.15) is 6.54 Å². The van der Waals surface area contributed by atoms with Gasteiger partial charge in [-0.15, -0.1) is 0 Å². The first-order valence-electron chi connectivity index (χ1n) is 11.2. The number of carbonyl (C=O) groups is 2. The smallest absolute Gasteiger partial charge is 0.325 e. The molecule has 0 unspecified atom stereocenters. The Bertz CT molecular complexity index is 1590. The predicted molar refractivity (Wildman–Crippen MR) is 140 cm³/mol. The minimum absolute atomic E-state index is 0.0721. The van der Waals surface area contributed by atoms with Gasteiger partial charge in [-0.3, -0.25) is 13.9 Å². The Balaban J connectivity index is 1.68. The molecule has 10 heteroatoms. The molecule has 1 aromatic heterocycles. The van der Waals surface area contributed by atoms with Crippen molar-refractivity contribution in [2.24, 2.45) is 4.99 Å². The number of amides is 1. The lowest BCUT2D eigenvalue weighted by atomic mass is 10.2. The number of benzene rings is 3. The molecular formula is C26H25N3O5S2. The number of nitrogens with zero attached hydrogens (tertiary/aromatic N) is 3. The van der Waals surface area contributed by atoms with Crippen molar-refractivity contribution >= 4 is 49.1 Å². The van der Waals surface area contributed by atoms with Gasteiger partial charge < -0.3 is 9.30 Å². The van der Waals surface area contributed by atoms with Crippen molar-refractivity contribution in [3.63, 3.8) is 0 Å². The summed E-state index contributed by atoms with van der Waals surface area (Å²) in [6.45, 7) is 3.89. The average Bonchev–Trinajstić information content (AvgIpc) is 3.20. The van der Waals surface area contributed by atoms with Crippen molar-refractivity contribution in [1.29, 1.82) is 0 Å². The third-order valence-electron chi connectivity index (χ3n) is 5.57. The highest BCUT2D eigenvalue weighted by atomic mass is 32.2. The third-order valence-corrected chi connectivity index (χ3v) is 8.53. The number of carbonyl (C=O) groups excluding carboxylic acids is 2. The molecule has 0 radical (unpaired) electrons. The summed E-state index contributed by atoms with van der Waals surface area (Å²) in [5.74, 6) is -1.01. The van der Waals surface area contributed by atoms with Crippen LogP contribution >= 0.6 is 11.3 Å². The monoisotopic (exact) mass is 523 g/mol. The van der Waals surface area contributed by atoms with Crippen LogP contribution in [0.2, 0.25) is 0 Å². The Hall–Kier alpha value is -3.76. The number of para-hydroxylation sites is 1. The fourth-order valence-electron chi connectivity index (χ4n) is 3.75. The molecule has 4 rings (SSSR count). The van der Waals surface area contributed by atoms with Gasteiger partial charge in [-0.25, -0.2) is 8.42 Å². The molecule has 0 saturated heterocycles. The maximum atomic E-state index is 13.2. The van der Waals surface area contributed by atoms with Gasteiger partial charge in [0.25, 0.3) is 15.9 Å². The molecule has 0 fully saturated rings. The number of fused-ring (bicyclic) bond motifs is 1. The summed E-state index contributed by atoms with van der Waals surface area (Å²) >= 11 is 1.29. The zero-order valence-electron chi connectivity index (χ0n) is 20.0. The summed E-state index contributed by atoms with van der Waals surface area (Å²) in [7, 11) is -2.51. The van der Waals surface area contributed by atoms with Crippen LogP contribution in [0.15, 0.2) is 82.7 Å². The molecular weight excluding hydrogens is 498 g/mol. The molecule has 0 atom stereocenters. The van der Waals surface area contributed by atoms with Crippen molar-refractivity contribution in [3.05, 3.63) is 88.7 Å². The second kappa shape index (κ2) is 10.5. The number of ether oxygens (including phenoxy) is 1. The van der Waals surface area contributed by atoms with Crippen molar-refractivity contribution in [3.8, 4) is 0 Å². The zero-order valence-corrected chi connectivity index (χ0v) is 21.7. The molecule has 0 spiro atoms. The van der Waals surface area contributed by atoms with E-state index in [-0.39, 0.29) is 23.5 Å². The number of anilines is 1. The van der Waals surface area contributed by atoms with E-state index < -0.39 is 21.9 Å². The fraction of sp³-hybridized carbons (Fsp3) is 0.192. The quantitative estimate of drug-likeness (QED) is 0.339. The van der Waals surface area contributed by atoms with Crippen LogP contribution in [0.4, 0.5) is 5.69 Å². The van der Waals surface area contributed by atoms with E-state index in [1.807, 2.05) is 31.2 Å². The van der Waals surface area contributed by atoms with Gasteiger partial charge in [-0.05, 0) is 67.9 Å². The van der Waals surface area contributed by atoms with E-state index in [4.69, 9.17) is 4.74 Å². The number of methoxy groups -OCH3 is 1. The van der Waals surface area contributed by atoms with Crippen LogP contribution in [-0.2, 0) is 26.1 Å². The summed E-state index contributed by atoms with van der Waals surface area (Å²) in [6, 6.07) is 20.3. The number of aryl methyl sites for hydroxylation is 1. The molecule has 0 aliphatic rings. The van der Waals surface area contributed by atoms with Gasteiger partial charge in [0.2, 0.25) is 0 Å². The minimum atomic E-state index is -3.81. The van der Waals surface area contributed by atoms with Crippen LogP contribution in [0.5, 0.6) is 0 Å². The molecule has 4 aromatic rings. The lowest BCUT2D eigenvalue weighted by molar-refractivity contribution is -0.141. The Morgan fingerprint density at radius 1 is 1.03 bits per heavy atom. The van der Waals surface area contributed by atoms with E-state index in [0.717, 1.165) is 15.8 Å². The Morgan fingerprint density at radius 3 is 2.36 bits per heavy atom. The van der Waals surface area contributed by atoms with Gasteiger partial charge >= 0.3 is 5.97 Å². The van der Waals surface area contributed by atoms with Crippen LogP contribution in [0, 0.1) is 6.92 Å². The summed E-state index contributed by atoms with van der Waals surface area (Å²) in [5, 5.41) is 0. The maximum absolute atomic E-state index is 13.2. The van der Waals surface area contributed by atoms with E-state index in [9.17, 15) is 18.0 Å². The molecule has 0 aliphatic heterocycles. The van der Waals surface area contributed by atoms with Crippen LogP contribution in [0.1, 0.15) is 22.8 Å². The molecule has 0 saturated carbocycles. The van der Waals surface area contributed by atoms with E-state index in [0.29, 0.717) is 10.5 Å². The average molecular weight is 524 g/mol. The molecule has 0 bridgehead atoms. The number of sulfonamides is 1.